The third-order valence-electron chi connectivity index (χ3n) is 4.60. The summed E-state index contributed by atoms with van der Waals surface area (Å²) in [6, 6.07) is 11.2. The number of hydrogen-bond donors (Lipinski definition) is 0. The molecule has 1 aromatic heterocycles. The Hall–Kier alpha value is -1.47. The molecule has 4 rings (SSSR count). The maximum atomic E-state index is 13.3. The molecule has 1 aliphatic heterocycles. The quantitative estimate of drug-likeness (QED) is 0.485. The second kappa shape index (κ2) is 7.87. The molecule has 27 heavy (non-hydrogen) atoms. The van der Waals surface area contributed by atoms with E-state index < -0.39 is 0 Å². The van der Waals surface area contributed by atoms with E-state index in [0.717, 1.165) is 39.7 Å². The third-order valence-corrected chi connectivity index (χ3v) is 6.33. The number of ether oxygens (including phenoxy) is 1. The number of hydrogen-bond acceptors (Lipinski definition) is 4. The zero-order valence-electron chi connectivity index (χ0n) is 14.7. The van der Waals surface area contributed by atoms with Crippen LogP contribution < -0.4 is 4.90 Å². The first-order valence-electron chi connectivity index (χ1n) is 8.77. The van der Waals surface area contributed by atoms with E-state index in [4.69, 9.17) is 21.3 Å². The highest BCUT2D eigenvalue weighted by molar-refractivity contribution is 9.10. The first-order valence-corrected chi connectivity index (χ1v) is 10.8. The van der Waals surface area contributed by atoms with Crippen LogP contribution in [0.5, 0.6) is 0 Å². The lowest BCUT2D eigenvalue weighted by Crippen LogP contribution is -2.37. The molecule has 140 valence electrons. The third kappa shape index (κ3) is 4.04. The molecule has 3 aromatic rings. The average molecular weight is 466 g/mol. The Morgan fingerprint density at radius 2 is 2.26 bits per heavy atom. The fourth-order valence-corrected chi connectivity index (χ4v) is 5.10. The molecule has 1 saturated heterocycles. The van der Waals surface area contributed by atoms with E-state index >= 15 is 0 Å². The van der Waals surface area contributed by atoms with Gasteiger partial charge in [-0.25, -0.2) is 4.98 Å². The smallest absolute Gasteiger partial charge is 0.260 e. The number of rotatable bonds is 4. The van der Waals surface area contributed by atoms with Crippen molar-refractivity contribution in [1.29, 1.82) is 0 Å². The molecule has 0 spiro atoms. The highest BCUT2D eigenvalue weighted by Crippen LogP contribution is 2.34. The molecule has 1 aliphatic rings. The fraction of sp³-hybridized carbons (Fsp3) is 0.300. The molecule has 7 heteroatoms. The Kier molecular flexibility index (Phi) is 5.50. The number of thiazole rings is 1. The van der Waals surface area contributed by atoms with Gasteiger partial charge in [0.1, 0.15) is 0 Å². The Bertz CT molecular complexity index is 1000. The van der Waals surface area contributed by atoms with Crippen LogP contribution in [0.1, 0.15) is 28.8 Å². The van der Waals surface area contributed by atoms with E-state index in [9.17, 15) is 4.79 Å². The van der Waals surface area contributed by atoms with E-state index in [-0.39, 0.29) is 12.0 Å². The molecule has 0 saturated carbocycles. The van der Waals surface area contributed by atoms with Gasteiger partial charge < -0.3 is 4.74 Å². The summed E-state index contributed by atoms with van der Waals surface area (Å²) in [4.78, 5) is 19.8. The number of carbonyl (C=O) groups is 1. The number of aromatic nitrogens is 1. The summed E-state index contributed by atoms with van der Waals surface area (Å²) in [6.07, 6.45) is 2.02. The Morgan fingerprint density at radius 1 is 1.41 bits per heavy atom. The SMILES string of the molecule is Cc1cc(Cl)cc2sc(N(CC3CCCO3)C(=O)c3cccc(Br)c3)nc12. The molecule has 0 N–H and O–H groups in total. The van der Waals surface area contributed by atoms with Gasteiger partial charge in [-0.3, -0.25) is 9.69 Å². The van der Waals surface area contributed by atoms with Crippen molar-refractivity contribution in [3.05, 3.63) is 57.0 Å². The summed E-state index contributed by atoms with van der Waals surface area (Å²) in [7, 11) is 0. The number of aryl methyl sites for hydroxylation is 1. The molecule has 2 aromatic carbocycles. The lowest BCUT2D eigenvalue weighted by atomic mass is 10.2. The van der Waals surface area contributed by atoms with Crippen molar-refractivity contribution in [3.8, 4) is 0 Å². The average Bonchev–Trinajstić information content (AvgIpc) is 3.28. The van der Waals surface area contributed by atoms with E-state index in [2.05, 4.69) is 15.9 Å². The highest BCUT2D eigenvalue weighted by Gasteiger charge is 2.27. The normalized spacial score (nSPS) is 16.8. The summed E-state index contributed by atoms with van der Waals surface area (Å²) in [6.45, 7) is 3.23. The number of amides is 1. The van der Waals surface area contributed by atoms with Crippen LogP contribution in [0.15, 0.2) is 40.9 Å². The molecular weight excluding hydrogens is 448 g/mol. The summed E-state index contributed by atoms with van der Waals surface area (Å²) in [5.41, 5.74) is 2.52. The predicted molar refractivity (Wildman–Crippen MR) is 114 cm³/mol. The number of carbonyl (C=O) groups excluding carboxylic acids is 1. The zero-order chi connectivity index (χ0) is 19.0. The first-order chi connectivity index (χ1) is 13.0. The monoisotopic (exact) mass is 464 g/mol. The van der Waals surface area contributed by atoms with Crippen LogP contribution in [0.3, 0.4) is 0 Å². The van der Waals surface area contributed by atoms with Gasteiger partial charge in [0, 0.05) is 21.7 Å². The van der Waals surface area contributed by atoms with Gasteiger partial charge >= 0.3 is 0 Å². The van der Waals surface area contributed by atoms with Crippen LogP contribution in [0.4, 0.5) is 5.13 Å². The molecular formula is C20H18BrClN2O2S. The van der Waals surface area contributed by atoms with Crippen LogP contribution in [-0.4, -0.2) is 30.1 Å². The largest absolute Gasteiger partial charge is 0.376 e. The topological polar surface area (TPSA) is 42.4 Å². The Morgan fingerprint density at radius 3 is 3.00 bits per heavy atom. The molecule has 0 radical (unpaired) electrons. The molecule has 0 bridgehead atoms. The van der Waals surface area contributed by atoms with Crippen LogP contribution in [0.2, 0.25) is 5.02 Å². The lowest BCUT2D eigenvalue weighted by Gasteiger charge is -2.23. The van der Waals surface area contributed by atoms with Crippen molar-refractivity contribution >= 4 is 60.1 Å². The second-order valence-electron chi connectivity index (χ2n) is 6.63. The van der Waals surface area contributed by atoms with Gasteiger partial charge in [-0.1, -0.05) is 44.9 Å². The van der Waals surface area contributed by atoms with E-state index in [1.54, 1.807) is 4.90 Å². The molecule has 1 amide bonds. The molecule has 4 nitrogen and oxygen atoms in total. The van der Waals surface area contributed by atoms with Crippen molar-refractivity contribution in [2.45, 2.75) is 25.9 Å². The van der Waals surface area contributed by atoms with E-state index in [1.165, 1.54) is 11.3 Å². The maximum absolute atomic E-state index is 13.3. The van der Waals surface area contributed by atoms with Gasteiger partial charge in [0.05, 0.1) is 22.9 Å². The van der Waals surface area contributed by atoms with Crippen LogP contribution in [0.25, 0.3) is 10.2 Å². The van der Waals surface area contributed by atoms with Crippen molar-refractivity contribution in [2.24, 2.45) is 0 Å². The van der Waals surface area contributed by atoms with Gasteiger partial charge in [-0.05, 0) is 55.7 Å². The predicted octanol–water partition coefficient (Wildman–Crippen LogP) is 5.85. The number of halogens is 2. The number of benzene rings is 2. The van der Waals surface area contributed by atoms with Crippen LogP contribution in [0, 0.1) is 6.92 Å². The molecule has 0 aliphatic carbocycles. The first kappa shape index (κ1) is 18.9. The van der Waals surface area contributed by atoms with Gasteiger partial charge in [0.15, 0.2) is 5.13 Å². The number of nitrogens with zero attached hydrogens (tertiary/aromatic N) is 2. The van der Waals surface area contributed by atoms with Crippen molar-refractivity contribution in [1.82, 2.24) is 4.98 Å². The van der Waals surface area contributed by atoms with E-state index in [0.29, 0.717) is 22.3 Å². The zero-order valence-corrected chi connectivity index (χ0v) is 17.9. The Balaban J connectivity index is 1.75. The molecule has 2 heterocycles. The molecule has 1 fully saturated rings. The summed E-state index contributed by atoms with van der Waals surface area (Å²) < 4.78 is 7.64. The minimum absolute atomic E-state index is 0.0396. The fourth-order valence-electron chi connectivity index (χ4n) is 3.28. The number of anilines is 1. The van der Waals surface area contributed by atoms with Gasteiger partial charge in [0.25, 0.3) is 5.91 Å². The van der Waals surface area contributed by atoms with E-state index in [1.807, 2.05) is 43.3 Å². The van der Waals surface area contributed by atoms with Gasteiger partial charge in [-0.2, -0.15) is 0 Å². The summed E-state index contributed by atoms with van der Waals surface area (Å²) in [5, 5.41) is 1.36. The summed E-state index contributed by atoms with van der Waals surface area (Å²) >= 11 is 11.1. The minimum atomic E-state index is -0.0744. The van der Waals surface area contributed by atoms with Gasteiger partial charge in [-0.15, -0.1) is 0 Å². The van der Waals surface area contributed by atoms with Crippen molar-refractivity contribution in [3.63, 3.8) is 0 Å². The maximum Gasteiger partial charge on any atom is 0.260 e. The standard InChI is InChI=1S/C20H18BrClN2O2S/c1-12-8-15(22)10-17-18(12)23-20(27-17)24(11-16-6-3-7-26-16)19(25)13-4-2-5-14(21)9-13/h2,4-5,8-10,16H,3,6-7,11H2,1H3. The van der Waals surface area contributed by atoms with Gasteiger partial charge in [0.2, 0.25) is 0 Å². The highest BCUT2D eigenvalue weighted by atomic mass is 79.9. The minimum Gasteiger partial charge on any atom is -0.376 e. The molecule has 1 atom stereocenters. The van der Waals surface area contributed by atoms with Crippen LogP contribution >= 0.6 is 38.9 Å². The van der Waals surface area contributed by atoms with Crippen LogP contribution in [-0.2, 0) is 4.74 Å². The number of fused-ring (bicyclic) bond motifs is 1. The summed E-state index contributed by atoms with van der Waals surface area (Å²) in [5.74, 6) is -0.0744. The second-order valence-corrected chi connectivity index (χ2v) is 8.99. The van der Waals surface area contributed by atoms with Crippen molar-refractivity contribution in [2.75, 3.05) is 18.1 Å². The van der Waals surface area contributed by atoms with Crippen molar-refractivity contribution < 1.29 is 9.53 Å². The Labute approximate surface area is 175 Å². The lowest BCUT2D eigenvalue weighted by molar-refractivity contribution is 0.0917. The molecule has 1 unspecified atom stereocenters.